The maximum absolute atomic E-state index is 9.97. The van der Waals surface area contributed by atoms with Gasteiger partial charge < -0.3 is 13.3 Å². The highest BCUT2D eigenvalue weighted by Crippen LogP contribution is 2.06. The summed E-state index contributed by atoms with van der Waals surface area (Å²) in [6.45, 7) is 0. The van der Waals surface area contributed by atoms with Gasteiger partial charge in [0.15, 0.2) is 0 Å². The highest BCUT2D eigenvalue weighted by atomic mass is 28.4. The Bertz CT molecular complexity index is 133. The molecule has 64 valence electrons. The van der Waals surface area contributed by atoms with Crippen molar-refractivity contribution < 1.29 is 18.1 Å². The lowest BCUT2D eigenvalue weighted by atomic mass is 10.7. The van der Waals surface area contributed by atoms with E-state index < -0.39 is 8.80 Å². The van der Waals surface area contributed by atoms with Crippen molar-refractivity contribution in [1.29, 1.82) is 0 Å². The summed E-state index contributed by atoms with van der Waals surface area (Å²) in [5.41, 5.74) is 1.51. The highest BCUT2D eigenvalue weighted by molar-refractivity contribution is 6.66. The Morgan fingerprint density at radius 1 is 1.09 bits per heavy atom. The molecule has 0 spiro atoms. The molecule has 0 aliphatic heterocycles. The molecule has 0 saturated carbocycles. The van der Waals surface area contributed by atoms with Crippen molar-refractivity contribution >= 4 is 15.1 Å². The molecule has 0 unspecified atom stereocenters. The monoisotopic (exact) mass is 176 g/mol. The maximum Gasteiger partial charge on any atom is 0.528 e. The van der Waals surface area contributed by atoms with Crippen LogP contribution in [0.3, 0.4) is 0 Å². The predicted molar refractivity (Wildman–Crippen MR) is 42.0 cm³/mol. The SMILES string of the molecule is CO[Si](C=CC=O)(OC)OC. The molecule has 0 heterocycles. The van der Waals surface area contributed by atoms with E-state index in [1.165, 1.54) is 33.1 Å². The summed E-state index contributed by atoms with van der Waals surface area (Å²) in [6.07, 6.45) is 1.96. The molecule has 0 aliphatic rings. The minimum atomic E-state index is -2.65. The third kappa shape index (κ3) is 2.94. The van der Waals surface area contributed by atoms with Gasteiger partial charge in [-0.15, -0.1) is 0 Å². The van der Waals surface area contributed by atoms with Gasteiger partial charge in [0.1, 0.15) is 6.29 Å². The first kappa shape index (κ1) is 10.5. The molecule has 0 radical (unpaired) electrons. The first-order valence-corrected chi connectivity index (χ1v) is 4.83. The summed E-state index contributed by atoms with van der Waals surface area (Å²) in [4.78, 5) is 9.97. The van der Waals surface area contributed by atoms with Crippen LogP contribution in [-0.4, -0.2) is 36.4 Å². The minimum Gasteiger partial charge on any atom is -0.374 e. The minimum absolute atomic E-state index is 0.652. The number of rotatable bonds is 5. The Labute approximate surface area is 67.1 Å². The van der Waals surface area contributed by atoms with E-state index in [-0.39, 0.29) is 0 Å². The Morgan fingerprint density at radius 2 is 1.55 bits per heavy atom. The van der Waals surface area contributed by atoms with Crippen LogP contribution >= 0.6 is 0 Å². The van der Waals surface area contributed by atoms with Crippen molar-refractivity contribution in [2.24, 2.45) is 0 Å². The van der Waals surface area contributed by atoms with Gasteiger partial charge >= 0.3 is 8.80 Å². The summed E-state index contributed by atoms with van der Waals surface area (Å²) < 4.78 is 15.0. The van der Waals surface area contributed by atoms with Gasteiger partial charge in [-0.2, -0.15) is 0 Å². The third-order valence-electron chi connectivity index (χ3n) is 1.23. The molecular weight excluding hydrogens is 164 g/mol. The molecule has 0 aliphatic carbocycles. The standard InChI is InChI=1S/C6H12O4Si/c1-8-11(9-2,10-3)6-4-5-7/h4-6H,1-3H3. The average molecular weight is 176 g/mol. The first-order chi connectivity index (χ1) is 5.24. The summed E-state index contributed by atoms with van der Waals surface area (Å²) in [6, 6.07) is 0. The topological polar surface area (TPSA) is 44.8 Å². The molecule has 0 aromatic carbocycles. The average Bonchev–Trinajstić information content (AvgIpc) is 2.08. The van der Waals surface area contributed by atoms with E-state index in [0.717, 1.165) is 0 Å². The third-order valence-corrected chi connectivity index (χ3v) is 3.54. The second-order valence-electron chi connectivity index (χ2n) is 1.71. The molecule has 0 rings (SSSR count). The van der Waals surface area contributed by atoms with Crippen molar-refractivity contribution in [2.45, 2.75) is 0 Å². The van der Waals surface area contributed by atoms with Crippen molar-refractivity contribution in [3.05, 3.63) is 11.8 Å². The molecule has 0 bridgehead atoms. The van der Waals surface area contributed by atoms with Crippen LogP contribution in [-0.2, 0) is 18.1 Å². The van der Waals surface area contributed by atoms with E-state index in [9.17, 15) is 4.79 Å². The molecule has 0 fully saturated rings. The molecule has 0 amide bonds. The van der Waals surface area contributed by atoms with E-state index in [2.05, 4.69) is 0 Å². The van der Waals surface area contributed by atoms with Gasteiger partial charge in [0, 0.05) is 21.3 Å². The lowest BCUT2D eigenvalue weighted by Gasteiger charge is -2.19. The molecular formula is C6H12O4Si. The van der Waals surface area contributed by atoms with Crippen molar-refractivity contribution in [1.82, 2.24) is 0 Å². The highest BCUT2D eigenvalue weighted by Gasteiger charge is 2.34. The van der Waals surface area contributed by atoms with Gasteiger partial charge in [0.25, 0.3) is 0 Å². The second kappa shape index (κ2) is 5.20. The van der Waals surface area contributed by atoms with Gasteiger partial charge in [-0.3, -0.25) is 4.79 Å². The smallest absolute Gasteiger partial charge is 0.374 e. The number of aldehydes is 1. The Morgan fingerprint density at radius 3 is 1.82 bits per heavy atom. The van der Waals surface area contributed by atoms with Crippen molar-refractivity contribution in [2.75, 3.05) is 21.3 Å². The van der Waals surface area contributed by atoms with Crippen LogP contribution in [0, 0.1) is 0 Å². The molecule has 4 nitrogen and oxygen atoms in total. The molecule has 11 heavy (non-hydrogen) atoms. The zero-order chi connectivity index (χ0) is 8.74. The largest absolute Gasteiger partial charge is 0.528 e. The van der Waals surface area contributed by atoms with E-state index in [0.29, 0.717) is 6.29 Å². The van der Waals surface area contributed by atoms with Gasteiger partial charge in [0.05, 0.1) is 0 Å². The zero-order valence-electron chi connectivity index (χ0n) is 6.87. The van der Waals surface area contributed by atoms with Gasteiger partial charge in [0.2, 0.25) is 0 Å². The van der Waals surface area contributed by atoms with E-state index in [1.54, 1.807) is 0 Å². The normalized spacial score (nSPS) is 12.3. The first-order valence-electron chi connectivity index (χ1n) is 3.03. The van der Waals surface area contributed by atoms with Gasteiger partial charge in [-0.05, 0) is 11.8 Å². The summed E-state index contributed by atoms with van der Waals surface area (Å²) in [5.74, 6) is 0. The lowest BCUT2D eigenvalue weighted by Crippen LogP contribution is -2.40. The molecule has 0 saturated heterocycles. The molecule has 5 heteroatoms. The van der Waals surface area contributed by atoms with E-state index >= 15 is 0 Å². The van der Waals surface area contributed by atoms with Crippen LogP contribution in [0.25, 0.3) is 0 Å². The van der Waals surface area contributed by atoms with Crippen LogP contribution in [0.4, 0.5) is 0 Å². The van der Waals surface area contributed by atoms with Crippen LogP contribution < -0.4 is 0 Å². The maximum atomic E-state index is 9.97. The van der Waals surface area contributed by atoms with Crippen LogP contribution in [0.2, 0.25) is 0 Å². The Kier molecular flexibility index (Phi) is 4.96. The Balaban J connectivity index is 4.27. The van der Waals surface area contributed by atoms with Crippen molar-refractivity contribution in [3.8, 4) is 0 Å². The lowest BCUT2D eigenvalue weighted by molar-refractivity contribution is -0.104. The van der Waals surface area contributed by atoms with E-state index in [4.69, 9.17) is 13.3 Å². The quantitative estimate of drug-likeness (QED) is 0.340. The van der Waals surface area contributed by atoms with Crippen LogP contribution in [0.15, 0.2) is 11.8 Å². The van der Waals surface area contributed by atoms with Gasteiger partial charge in [-0.25, -0.2) is 0 Å². The fourth-order valence-corrected chi connectivity index (χ4v) is 1.83. The summed E-state index contributed by atoms with van der Waals surface area (Å²) >= 11 is 0. The van der Waals surface area contributed by atoms with Crippen molar-refractivity contribution in [3.63, 3.8) is 0 Å². The molecule has 0 aromatic heterocycles. The number of allylic oxidation sites excluding steroid dienone is 1. The fraction of sp³-hybridized carbons (Fsp3) is 0.500. The number of hydrogen-bond donors (Lipinski definition) is 0. The second-order valence-corrected chi connectivity index (χ2v) is 4.48. The number of carbonyl (C=O) groups is 1. The van der Waals surface area contributed by atoms with Crippen LogP contribution in [0.5, 0.6) is 0 Å². The van der Waals surface area contributed by atoms with Crippen LogP contribution in [0.1, 0.15) is 0 Å². The zero-order valence-corrected chi connectivity index (χ0v) is 7.87. The number of hydrogen-bond acceptors (Lipinski definition) is 4. The number of carbonyl (C=O) groups excluding carboxylic acids is 1. The predicted octanol–water partition coefficient (Wildman–Crippen LogP) is 0.159. The Hall–Kier alpha value is -0.493. The molecule has 0 aromatic rings. The summed E-state index contributed by atoms with van der Waals surface area (Å²) in [7, 11) is 1.79. The van der Waals surface area contributed by atoms with E-state index in [1.807, 2.05) is 0 Å². The molecule has 0 N–H and O–H groups in total. The summed E-state index contributed by atoms with van der Waals surface area (Å²) in [5, 5.41) is 0. The fourth-order valence-electron chi connectivity index (χ4n) is 0.611. The van der Waals surface area contributed by atoms with Gasteiger partial charge in [-0.1, -0.05) is 0 Å². The molecule has 0 atom stereocenters.